The largest absolute Gasteiger partial charge is 0.352 e. The summed E-state index contributed by atoms with van der Waals surface area (Å²) >= 11 is 0. The fourth-order valence-corrected chi connectivity index (χ4v) is 2.92. The molecule has 25 heavy (non-hydrogen) atoms. The van der Waals surface area contributed by atoms with Gasteiger partial charge in [-0.25, -0.2) is 8.78 Å². The van der Waals surface area contributed by atoms with Crippen LogP contribution in [0.1, 0.15) is 36.5 Å². The van der Waals surface area contributed by atoms with E-state index in [2.05, 4.69) is 20.1 Å². The van der Waals surface area contributed by atoms with Gasteiger partial charge in [-0.15, -0.1) is 10.2 Å². The minimum absolute atomic E-state index is 0.222. The van der Waals surface area contributed by atoms with Crippen molar-refractivity contribution in [3.8, 4) is 0 Å². The third-order valence-corrected chi connectivity index (χ3v) is 4.24. The van der Waals surface area contributed by atoms with Crippen molar-refractivity contribution in [3.63, 3.8) is 0 Å². The first-order valence-corrected chi connectivity index (χ1v) is 8.46. The number of fused-ring (bicyclic) bond motifs is 1. The van der Waals surface area contributed by atoms with E-state index < -0.39 is 17.5 Å². The van der Waals surface area contributed by atoms with Crippen LogP contribution in [0.3, 0.4) is 0 Å². The minimum Gasteiger partial charge on any atom is -0.352 e. The van der Waals surface area contributed by atoms with E-state index in [-0.39, 0.29) is 5.56 Å². The van der Waals surface area contributed by atoms with Gasteiger partial charge in [-0.3, -0.25) is 4.79 Å². The van der Waals surface area contributed by atoms with Crippen molar-refractivity contribution in [1.82, 2.24) is 20.1 Å². The zero-order valence-corrected chi connectivity index (χ0v) is 13.8. The first-order valence-electron chi connectivity index (χ1n) is 8.46. The van der Waals surface area contributed by atoms with Gasteiger partial charge >= 0.3 is 0 Å². The van der Waals surface area contributed by atoms with Gasteiger partial charge in [-0.05, 0) is 31.1 Å². The Morgan fingerprint density at radius 2 is 2.00 bits per heavy atom. The molecule has 2 heterocycles. The summed E-state index contributed by atoms with van der Waals surface area (Å²) in [5.74, 6) is 0.0683. The van der Waals surface area contributed by atoms with Crippen molar-refractivity contribution >= 4 is 12.0 Å². The summed E-state index contributed by atoms with van der Waals surface area (Å²) in [5.41, 5.74) is -0.222. The van der Waals surface area contributed by atoms with Gasteiger partial charge in [0.2, 0.25) is 5.91 Å². The van der Waals surface area contributed by atoms with Crippen LogP contribution in [0.4, 0.5) is 8.78 Å². The minimum atomic E-state index is -0.699. The maximum absolute atomic E-state index is 13.5. The van der Waals surface area contributed by atoms with E-state index in [1.54, 1.807) is 0 Å². The molecule has 1 aromatic carbocycles. The lowest BCUT2D eigenvalue weighted by Gasteiger charge is -2.07. The summed E-state index contributed by atoms with van der Waals surface area (Å²) in [4.78, 5) is 11.8. The molecule has 0 spiro atoms. The zero-order chi connectivity index (χ0) is 17.6. The number of amides is 1. The molecule has 1 aromatic heterocycles. The number of aromatic nitrogens is 3. The second kappa shape index (κ2) is 8.00. The van der Waals surface area contributed by atoms with Crippen LogP contribution in [0, 0.1) is 11.6 Å². The molecule has 2 aromatic rings. The molecule has 0 saturated carbocycles. The second-order valence-corrected chi connectivity index (χ2v) is 6.00. The Morgan fingerprint density at radius 3 is 2.80 bits per heavy atom. The number of benzene rings is 1. The summed E-state index contributed by atoms with van der Waals surface area (Å²) < 4.78 is 29.1. The summed E-state index contributed by atoms with van der Waals surface area (Å²) in [6, 6.07) is 3.58. The van der Waals surface area contributed by atoms with E-state index in [1.807, 2.05) is 0 Å². The van der Waals surface area contributed by atoms with Gasteiger partial charge in [0.1, 0.15) is 23.3 Å². The fourth-order valence-electron chi connectivity index (χ4n) is 2.92. The topological polar surface area (TPSA) is 59.8 Å². The van der Waals surface area contributed by atoms with Crippen molar-refractivity contribution in [2.75, 3.05) is 6.54 Å². The highest BCUT2D eigenvalue weighted by Crippen LogP contribution is 2.15. The van der Waals surface area contributed by atoms with Crippen molar-refractivity contribution in [1.29, 1.82) is 0 Å². The Labute approximate surface area is 144 Å². The molecule has 0 bridgehead atoms. The van der Waals surface area contributed by atoms with Gasteiger partial charge in [-0.1, -0.05) is 12.5 Å². The number of carbonyl (C=O) groups is 1. The molecule has 1 amide bonds. The van der Waals surface area contributed by atoms with Gasteiger partial charge in [0.25, 0.3) is 0 Å². The highest BCUT2D eigenvalue weighted by molar-refractivity contribution is 5.91. The van der Waals surface area contributed by atoms with E-state index in [0.29, 0.717) is 13.0 Å². The number of hydrogen-bond donors (Lipinski definition) is 1. The highest BCUT2D eigenvalue weighted by Gasteiger charge is 2.14. The van der Waals surface area contributed by atoms with E-state index >= 15 is 0 Å². The standard InChI is InChI=1S/C18H20F2N4O/c19-14-5-4-6-15(20)13(14)8-9-18(25)21-11-10-17-23-22-16-7-2-1-3-12-24(16)17/h4-6,8-9H,1-3,7,10-12H2,(H,21,25)/b9-8+. The average Bonchev–Trinajstić information content (AvgIpc) is 2.82. The summed E-state index contributed by atoms with van der Waals surface area (Å²) in [5, 5.41) is 11.1. The molecule has 5 nitrogen and oxygen atoms in total. The molecule has 1 N–H and O–H groups in total. The van der Waals surface area contributed by atoms with E-state index in [0.717, 1.165) is 61.7 Å². The number of halogens is 2. The quantitative estimate of drug-likeness (QED) is 0.847. The van der Waals surface area contributed by atoms with Crippen LogP contribution >= 0.6 is 0 Å². The Hall–Kier alpha value is -2.57. The van der Waals surface area contributed by atoms with Crippen LogP contribution in [-0.4, -0.2) is 27.2 Å². The van der Waals surface area contributed by atoms with Crippen LogP contribution in [-0.2, 0) is 24.2 Å². The normalized spacial score (nSPS) is 14.3. The zero-order valence-electron chi connectivity index (χ0n) is 13.8. The van der Waals surface area contributed by atoms with Crippen LogP contribution < -0.4 is 5.32 Å². The Morgan fingerprint density at radius 1 is 1.20 bits per heavy atom. The van der Waals surface area contributed by atoms with Gasteiger partial charge in [-0.2, -0.15) is 0 Å². The smallest absolute Gasteiger partial charge is 0.244 e. The molecule has 7 heteroatoms. The molecule has 0 saturated heterocycles. The molecule has 1 aliphatic rings. The van der Waals surface area contributed by atoms with E-state index in [4.69, 9.17) is 0 Å². The highest BCUT2D eigenvalue weighted by atomic mass is 19.1. The van der Waals surface area contributed by atoms with Crippen molar-refractivity contribution < 1.29 is 13.6 Å². The predicted octanol–water partition coefficient (Wildman–Crippen LogP) is 2.65. The Balaban J connectivity index is 1.53. The number of nitrogens with zero attached hydrogens (tertiary/aromatic N) is 3. The van der Waals surface area contributed by atoms with Gasteiger partial charge < -0.3 is 9.88 Å². The Bertz CT molecular complexity index is 765. The average molecular weight is 346 g/mol. The number of nitrogens with one attached hydrogen (secondary N) is 1. The molecule has 0 atom stereocenters. The monoisotopic (exact) mass is 346 g/mol. The van der Waals surface area contributed by atoms with Crippen LogP contribution in [0.2, 0.25) is 0 Å². The van der Waals surface area contributed by atoms with Crippen molar-refractivity contribution in [2.24, 2.45) is 0 Å². The molecular weight excluding hydrogens is 326 g/mol. The molecule has 0 fully saturated rings. The van der Waals surface area contributed by atoms with Gasteiger partial charge in [0.05, 0.1) is 0 Å². The fraction of sp³-hybridized carbons (Fsp3) is 0.389. The lowest BCUT2D eigenvalue weighted by atomic mass is 10.2. The van der Waals surface area contributed by atoms with E-state index in [1.165, 1.54) is 12.5 Å². The second-order valence-electron chi connectivity index (χ2n) is 6.00. The summed E-state index contributed by atoms with van der Waals surface area (Å²) in [6.07, 6.45) is 7.22. The first-order chi connectivity index (χ1) is 12.1. The van der Waals surface area contributed by atoms with Crippen LogP contribution in [0.15, 0.2) is 24.3 Å². The molecular formula is C18H20F2N4O. The number of aryl methyl sites for hydroxylation is 1. The Kier molecular flexibility index (Phi) is 5.53. The maximum atomic E-state index is 13.5. The molecule has 132 valence electrons. The molecule has 0 unspecified atom stereocenters. The molecule has 1 aliphatic heterocycles. The van der Waals surface area contributed by atoms with Gasteiger partial charge in [0.15, 0.2) is 0 Å². The third kappa shape index (κ3) is 4.29. The number of carbonyl (C=O) groups excluding carboxylic acids is 1. The maximum Gasteiger partial charge on any atom is 0.244 e. The molecule has 3 rings (SSSR count). The van der Waals surface area contributed by atoms with Crippen LogP contribution in [0.5, 0.6) is 0 Å². The van der Waals surface area contributed by atoms with Crippen LogP contribution in [0.25, 0.3) is 6.08 Å². The van der Waals surface area contributed by atoms with E-state index in [9.17, 15) is 13.6 Å². The SMILES string of the molecule is O=C(/C=C/c1c(F)cccc1F)NCCc1nnc2n1CCCCC2. The first kappa shape index (κ1) is 17.3. The predicted molar refractivity (Wildman–Crippen MR) is 89.7 cm³/mol. The lowest BCUT2D eigenvalue weighted by Crippen LogP contribution is -2.24. The summed E-state index contributed by atoms with van der Waals surface area (Å²) in [7, 11) is 0. The van der Waals surface area contributed by atoms with Crippen molar-refractivity contribution in [3.05, 3.63) is 53.1 Å². The molecule has 0 radical (unpaired) electrons. The lowest BCUT2D eigenvalue weighted by molar-refractivity contribution is -0.116. The summed E-state index contributed by atoms with van der Waals surface area (Å²) in [6.45, 7) is 1.30. The van der Waals surface area contributed by atoms with Crippen molar-refractivity contribution in [2.45, 2.75) is 38.6 Å². The molecule has 0 aliphatic carbocycles. The third-order valence-electron chi connectivity index (χ3n) is 4.24. The van der Waals surface area contributed by atoms with Gasteiger partial charge in [0, 0.05) is 37.6 Å². The number of hydrogen-bond acceptors (Lipinski definition) is 3. The number of rotatable bonds is 5.